The van der Waals surface area contributed by atoms with Crippen molar-refractivity contribution < 1.29 is 0 Å². The standard InChI is InChI=1S/C30H28N2/c1-31-27-18-9-7-14-23(27)25-16-5-3-4-6-17-26-24-15-8-10-19-28(24)32(2)30(26)22-13-11-12-21(20-22)29(25)31/h3-4,7-15,18-20H,5-6,16-17H2,1-2H3/b4-3-. The van der Waals surface area contributed by atoms with E-state index in [4.69, 9.17) is 0 Å². The van der Waals surface area contributed by atoms with Gasteiger partial charge in [0, 0.05) is 35.9 Å². The second-order valence-corrected chi connectivity index (χ2v) is 8.94. The van der Waals surface area contributed by atoms with Crippen molar-refractivity contribution in [3.63, 3.8) is 0 Å². The topological polar surface area (TPSA) is 9.86 Å². The molecule has 158 valence electrons. The van der Waals surface area contributed by atoms with E-state index in [1.165, 1.54) is 55.4 Å². The van der Waals surface area contributed by atoms with Gasteiger partial charge in [-0.05, 0) is 66.1 Å². The van der Waals surface area contributed by atoms with Crippen molar-refractivity contribution in [1.82, 2.24) is 9.13 Å². The Morgan fingerprint density at radius 3 is 1.53 bits per heavy atom. The summed E-state index contributed by atoms with van der Waals surface area (Å²) in [5.41, 5.74) is 10.8. The molecule has 0 radical (unpaired) electrons. The van der Waals surface area contributed by atoms with Gasteiger partial charge in [0.05, 0.1) is 11.4 Å². The van der Waals surface area contributed by atoms with Crippen LogP contribution < -0.4 is 0 Å². The van der Waals surface area contributed by atoms with E-state index in [-0.39, 0.29) is 0 Å². The molecule has 0 saturated carbocycles. The Kier molecular flexibility index (Phi) is 4.53. The second kappa shape index (κ2) is 7.56. The first-order chi connectivity index (χ1) is 15.7. The summed E-state index contributed by atoms with van der Waals surface area (Å²) >= 11 is 0. The minimum absolute atomic E-state index is 1.06. The maximum absolute atomic E-state index is 2.40. The minimum Gasteiger partial charge on any atom is -0.343 e. The first kappa shape index (κ1) is 19.2. The zero-order chi connectivity index (χ0) is 21.7. The molecule has 5 aromatic rings. The second-order valence-electron chi connectivity index (χ2n) is 8.94. The van der Waals surface area contributed by atoms with Gasteiger partial charge in [-0.15, -0.1) is 0 Å². The molecule has 0 spiro atoms. The summed E-state index contributed by atoms with van der Waals surface area (Å²) in [4.78, 5) is 0. The molecule has 0 saturated heterocycles. The number of para-hydroxylation sites is 2. The van der Waals surface area contributed by atoms with Gasteiger partial charge in [-0.2, -0.15) is 0 Å². The largest absolute Gasteiger partial charge is 0.343 e. The van der Waals surface area contributed by atoms with Gasteiger partial charge in [-0.3, -0.25) is 0 Å². The summed E-state index contributed by atoms with van der Waals surface area (Å²) in [5.74, 6) is 0. The molecule has 6 rings (SSSR count). The molecular weight excluding hydrogens is 388 g/mol. The summed E-state index contributed by atoms with van der Waals surface area (Å²) in [6.45, 7) is 0. The van der Waals surface area contributed by atoms with Crippen LogP contribution in [0.2, 0.25) is 0 Å². The molecule has 1 aliphatic carbocycles. The fourth-order valence-electron chi connectivity index (χ4n) is 5.69. The van der Waals surface area contributed by atoms with Crippen LogP contribution in [0.5, 0.6) is 0 Å². The number of aromatic nitrogens is 2. The molecule has 2 heteroatoms. The van der Waals surface area contributed by atoms with E-state index in [2.05, 4.69) is 108 Å². The SMILES string of the molecule is Cn1c2c(c3ccccc31)CC/C=C\CCc1c(n(C)c3ccccc13)-c1cccc-2c1. The quantitative estimate of drug-likeness (QED) is 0.232. The lowest BCUT2D eigenvalue weighted by atomic mass is 9.97. The summed E-state index contributed by atoms with van der Waals surface area (Å²) in [7, 11) is 4.42. The number of allylic oxidation sites excluding steroid dienone is 2. The maximum Gasteiger partial charge on any atom is 0.0521 e. The highest BCUT2D eigenvalue weighted by atomic mass is 15.0. The Hall–Kier alpha value is -3.52. The van der Waals surface area contributed by atoms with Gasteiger partial charge in [0.1, 0.15) is 0 Å². The molecule has 3 aromatic carbocycles. The third-order valence-corrected chi connectivity index (χ3v) is 7.12. The summed E-state index contributed by atoms with van der Waals surface area (Å²) < 4.78 is 4.77. The number of fused-ring (bicyclic) bond motifs is 10. The van der Waals surface area contributed by atoms with Gasteiger partial charge in [0.15, 0.2) is 0 Å². The van der Waals surface area contributed by atoms with Crippen molar-refractivity contribution in [3.8, 4) is 22.5 Å². The zero-order valence-electron chi connectivity index (χ0n) is 18.8. The van der Waals surface area contributed by atoms with Crippen LogP contribution in [0.25, 0.3) is 44.3 Å². The Morgan fingerprint density at radius 1 is 0.562 bits per heavy atom. The van der Waals surface area contributed by atoms with Crippen molar-refractivity contribution in [3.05, 3.63) is 96.1 Å². The third kappa shape index (κ3) is 2.86. The van der Waals surface area contributed by atoms with Gasteiger partial charge in [-0.25, -0.2) is 0 Å². The number of aryl methyl sites for hydroxylation is 4. The van der Waals surface area contributed by atoms with E-state index >= 15 is 0 Å². The molecule has 0 N–H and O–H groups in total. The molecule has 0 amide bonds. The van der Waals surface area contributed by atoms with Crippen LogP contribution in [0.15, 0.2) is 84.9 Å². The lowest BCUT2D eigenvalue weighted by Gasteiger charge is -2.12. The Bertz CT molecular complexity index is 1380. The van der Waals surface area contributed by atoms with Crippen molar-refractivity contribution in [2.24, 2.45) is 14.1 Å². The predicted molar refractivity (Wildman–Crippen MR) is 136 cm³/mol. The van der Waals surface area contributed by atoms with Crippen molar-refractivity contribution in [2.45, 2.75) is 25.7 Å². The fourth-order valence-corrected chi connectivity index (χ4v) is 5.69. The van der Waals surface area contributed by atoms with Crippen LogP contribution in [0.4, 0.5) is 0 Å². The lowest BCUT2D eigenvalue weighted by Crippen LogP contribution is -1.97. The summed E-state index contributed by atoms with van der Waals surface area (Å²) in [6, 6.07) is 26.8. The molecule has 2 aromatic heterocycles. The van der Waals surface area contributed by atoms with E-state index in [1.807, 2.05) is 0 Å². The molecule has 0 fully saturated rings. The molecule has 2 nitrogen and oxygen atoms in total. The number of nitrogens with zero attached hydrogens (tertiary/aromatic N) is 2. The Balaban J connectivity index is 1.66. The molecule has 0 unspecified atom stereocenters. The first-order valence-electron chi connectivity index (χ1n) is 11.6. The lowest BCUT2D eigenvalue weighted by molar-refractivity contribution is 0.936. The highest BCUT2D eigenvalue weighted by Gasteiger charge is 2.20. The van der Waals surface area contributed by atoms with Gasteiger partial charge in [-0.1, -0.05) is 66.7 Å². The van der Waals surface area contributed by atoms with Crippen LogP contribution in [-0.2, 0) is 26.9 Å². The number of hydrogen-bond acceptors (Lipinski definition) is 0. The Labute approximate surface area is 189 Å². The van der Waals surface area contributed by atoms with Gasteiger partial charge in [0.25, 0.3) is 0 Å². The number of rotatable bonds is 0. The zero-order valence-corrected chi connectivity index (χ0v) is 18.8. The minimum atomic E-state index is 1.06. The highest BCUT2D eigenvalue weighted by Crippen LogP contribution is 2.39. The molecule has 0 aliphatic heterocycles. The molecule has 0 atom stereocenters. The van der Waals surface area contributed by atoms with Gasteiger partial charge in [0.2, 0.25) is 0 Å². The summed E-state index contributed by atoms with van der Waals surface area (Å²) in [5, 5.41) is 2.76. The highest BCUT2D eigenvalue weighted by molar-refractivity contribution is 5.94. The van der Waals surface area contributed by atoms with Crippen LogP contribution in [0.3, 0.4) is 0 Å². The number of hydrogen-bond donors (Lipinski definition) is 0. The van der Waals surface area contributed by atoms with Crippen LogP contribution in [-0.4, -0.2) is 9.13 Å². The maximum atomic E-state index is 2.40. The normalized spacial score (nSPS) is 14.9. The smallest absolute Gasteiger partial charge is 0.0521 e. The third-order valence-electron chi connectivity index (χ3n) is 7.12. The van der Waals surface area contributed by atoms with Crippen molar-refractivity contribution in [1.29, 1.82) is 0 Å². The van der Waals surface area contributed by atoms with E-state index in [1.54, 1.807) is 0 Å². The molecule has 2 bridgehead atoms. The molecule has 32 heavy (non-hydrogen) atoms. The van der Waals surface area contributed by atoms with Crippen LogP contribution in [0, 0.1) is 0 Å². The monoisotopic (exact) mass is 416 g/mol. The van der Waals surface area contributed by atoms with E-state index in [0.29, 0.717) is 0 Å². The average Bonchev–Trinajstić information content (AvgIpc) is 3.27. The van der Waals surface area contributed by atoms with E-state index in [0.717, 1.165) is 25.7 Å². The summed E-state index contributed by atoms with van der Waals surface area (Å²) in [6.07, 6.45) is 9.03. The average molecular weight is 417 g/mol. The van der Waals surface area contributed by atoms with Crippen molar-refractivity contribution >= 4 is 21.8 Å². The van der Waals surface area contributed by atoms with Gasteiger partial charge < -0.3 is 9.13 Å². The molecule has 2 heterocycles. The molecule has 1 aliphatic rings. The predicted octanol–water partition coefficient (Wildman–Crippen LogP) is 7.44. The first-order valence-corrected chi connectivity index (χ1v) is 11.6. The van der Waals surface area contributed by atoms with Crippen LogP contribution >= 0.6 is 0 Å². The fraction of sp³-hybridized carbons (Fsp3) is 0.200. The Morgan fingerprint density at radius 2 is 1.03 bits per heavy atom. The van der Waals surface area contributed by atoms with Gasteiger partial charge >= 0.3 is 0 Å². The van der Waals surface area contributed by atoms with Crippen molar-refractivity contribution in [2.75, 3.05) is 0 Å². The number of benzene rings is 3. The van der Waals surface area contributed by atoms with Crippen LogP contribution in [0.1, 0.15) is 24.0 Å². The van der Waals surface area contributed by atoms with E-state index < -0.39 is 0 Å². The molecular formula is C30H28N2. The van der Waals surface area contributed by atoms with E-state index in [9.17, 15) is 0 Å².